The molecule has 27 heavy (non-hydrogen) atoms. The number of rotatable bonds is 5. The van der Waals surface area contributed by atoms with Crippen molar-refractivity contribution in [3.8, 4) is 11.5 Å². The molecular weight excluding hydrogens is 364 g/mol. The number of thiophene rings is 1. The number of nitrogens with zero attached hydrogens (tertiary/aromatic N) is 1. The van der Waals surface area contributed by atoms with E-state index in [0.717, 1.165) is 16.0 Å². The first-order valence-electron chi connectivity index (χ1n) is 8.40. The van der Waals surface area contributed by atoms with Crippen molar-refractivity contribution in [1.82, 2.24) is 4.98 Å². The summed E-state index contributed by atoms with van der Waals surface area (Å²) in [5.74, 6) is 0.346. The van der Waals surface area contributed by atoms with Crippen LogP contribution in [0.25, 0.3) is 11.5 Å². The van der Waals surface area contributed by atoms with Gasteiger partial charge < -0.3 is 14.5 Å². The molecule has 3 rings (SSSR count). The number of esters is 1. The number of aryl methyl sites for hydroxylation is 2. The van der Waals surface area contributed by atoms with Crippen molar-refractivity contribution in [3.05, 3.63) is 57.8 Å². The number of aromatic nitrogens is 1. The normalized spacial score (nSPS) is 10.7. The van der Waals surface area contributed by atoms with Crippen LogP contribution in [0.5, 0.6) is 0 Å². The minimum Gasteiger partial charge on any atom is -0.465 e. The van der Waals surface area contributed by atoms with Gasteiger partial charge in [0.1, 0.15) is 10.8 Å². The number of carbonyl (C=O) groups excluding carboxylic acids is 2. The highest BCUT2D eigenvalue weighted by molar-refractivity contribution is 7.16. The molecule has 0 aliphatic rings. The van der Waals surface area contributed by atoms with Crippen molar-refractivity contribution < 1.29 is 18.7 Å². The second-order valence-corrected chi connectivity index (χ2v) is 7.32. The van der Waals surface area contributed by atoms with Crippen LogP contribution in [0.1, 0.15) is 32.3 Å². The van der Waals surface area contributed by atoms with Crippen LogP contribution in [0, 0.1) is 20.8 Å². The Morgan fingerprint density at radius 2 is 1.89 bits per heavy atom. The van der Waals surface area contributed by atoms with Gasteiger partial charge in [-0.15, -0.1) is 11.3 Å². The molecule has 0 spiro atoms. The molecule has 1 aromatic carbocycles. The van der Waals surface area contributed by atoms with Gasteiger partial charge >= 0.3 is 5.97 Å². The van der Waals surface area contributed by atoms with Crippen LogP contribution in [0.3, 0.4) is 0 Å². The fourth-order valence-electron chi connectivity index (χ4n) is 2.68. The van der Waals surface area contributed by atoms with Gasteiger partial charge in [-0.3, -0.25) is 4.79 Å². The lowest BCUT2D eigenvalue weighted by atomic mass is 10.1. The Morgan fingerprint density at radius 1 is 1.19 bits per heavy atom. The number of ether oxygens (including phenoxy) is 1. The van der Waals surface area contributed by atoms with Gasteiger partial charge in [-0.25, -0.2) is 9.78 Å². The molecule has 3 aromatic rings. The zero-order valence-electron chi connectivity index (χ0n) is 15.6. The van der Waals surface area contributed by atoms with Gasteiger partial charge in [0, 0.05) is 10.4 Å². The maximum Gasteiger partial charge on any atom is 0.341 e. The molecule has 2 heterocycles. The number of hydrogen-bond donors (Lipinski definition) is 1. The quantitative estimate of drug-likeness (QED) is 0.664. The summed E-state index contributed by atoms with van der Waals surface area (Å²) < 4.78 is 10.5. The molecule has 1 N–H and O–H groups in total. The maximum absolute atomic E-state index is 12.5. The Balaban J connectivity index is 1.79. The van der Waals surface area contributed by atoms with Gasteiger partial charge in [0.15, 0.2) is 0 Å². The number of nitrogens with one attached hydrogen (secondary N) is 1. The lowest BCUT2D eigenvalue weighted by molar-refractivity contribution is -0.115. The second kappa shape index (κ2) is 7.75. The molecule has 140 valence electrons. The first kappa shape index (κ1) is 18.8. The predicted molar refractivity (Wildman–Crippen MR) is 104 cm³/mol. The van der Waals surface area contributed by atoms with Crippen LogP contribution >= 0.6 is 11.3 Å². The van der Waals surface area contributed by atoms with Crippen molar-refractivity contribution in [2.45, 2.75) is 27.2 Å². The first-order chi connectivity index (χ1) is 12.9. The number of amides is 1. The van der Waals surface area contributed by atoms with Crippen molar-refractivity contribution in [2.75, 3.05) is 12.4 Å². The topological polar surface area (TPSA) is 81.4 Å². The number of benzene rings is 1. The van der Waals surface area contributed by atoms with E-state index in [2.05, 4.69) is 10.3 Å². The molecule has 0 radical (unpaired) electrons. The summed E-state index contributed by atoms with van der Waals surface area (Å²) in [5.41, 5.74) is 2.63. The van der Waals surface area contributed by atoms with Crippen molar-refractivity contribution in [3.63, 3.8) is 0 Å². The van der Waals surface area contributed by atoms with Crippen LogP contribution in [-0.4, -0.2) is 24.0 Å². The largest absolute Gasteiger partial charge is 0.465 e. The second-order valence-electron chi connectivity index (χ2n) is 6.09. The zero-order chi connectivity index (χ0) is 19.6. The lowest BCUT2D eigenvalue weighted by Crippen LogP contribution is -2.16. The molecule has 6 nitrogen and oxygen atoms in total. The van der Waals surface area contributed by atoms with E-state index in [1.54, 1.807) is 6.92 Å². The van der Waals surface area contributed by atoms with Gasteiger partial charge in [-0.2, -0.15) is 0 Å². The van der Waals surface area contributed by atoms with E-state index in [0.29, 0.717) is 27.9 Å². The summed E-state index contributed by atoms with van der Waals surface area (Å²) >= 11 is 1.35. The molecule has 0 aliphatic carbocycles. The fraction of sp³-hybridized carbons (Fsp3) is 0.250. The van der Waals surface area contributed by atoms with E-state index in [1.165, 1.54) is 18.4 Å². The van der Waals surface area contributed by atoms with Crippen molar-refractivity contribution in [2.24, 2.45) is 0 Å². The molecule has 1 amide bonds. The van der Waals surface area contributed by atoms with E-state index >= 15 is 0 Å². The third-order valence-electron chi connectivity index (χ3n) is 4.27. The Bertz CT molecular complexity index is 989. The molecule has 2 aromatic heterocycles. The van der Waals surface area contributed by atoms with Gasteiger partial charge in [0.05, 0.1) is 24.8 Å². The molecule has 0 fully saturated rings. The van der Waals surface area contributed by atoms with E-state index in [9.17, 15) is 9.59 Å². The Kier molecular flexibility index (Phi) is 5.41. The van der Waals surface area contributed by atoms with Gasteiger partial charge in [0.25, 0.3) is 0 Å². The lowest BCUT2D eigenvalue weighted by Gasteiger charge is -2.05. The van der Waals surface area contributed by atoms with Crippen LogP contribution in [0.15, 0.2) is 34.7 Å². The summed E-state index contributed by atoms with van der Waals surface area (Å²) in [4.78, 5) is 29.9. The predicted octanol–water partition coefficient (Wildman–Crippen LogP) is 4.30. The Labute approximate surface area is 161 Å². The SMILES string of the molecule is COC(=O)c1c(NC(=O)Cc2nc(-c3ccccc3)oc2C)sc(C)c1C. The Hall–Kier alpha value is -2.93. The fourth-order valence-corrected chi connectivity index (χ4v) is 3.75. The highest BCUT2D eigenvalue weighted by Crippen LogP contribution is 2.33. The number of methoxy groups -OCH3 is 1. The average molecular weight is 384 g/mol. The minimum absolute atomic E-state index is 0.0543. The van der Waals surface area contributed by atoms with Crippen molar-refractivity contribution in [1.29, 1.82) is 0 Å². The molecule has 0 bridgehead atoms. The van der Waals surface area contributed by atoms with Crippen LogP contribution in [0.2, 0.25) is 0 Å². The number of oxazole rings is 1. The third kappa shape index (κ3) is 3.93. The molecule has 0 saturated carbocycles. The molecule has 0 atom stereocenters. The average Bonchev–Trinajstić information content (AvgIpc) is 3.15. The number of hydrogen-bond acceptors (Lipinski definition) is 6. The highest BCUT2D eigenvalue weighted by Gasteiger charge is 2.22. The van der Waals surface area contributed by atoms with Crippen LogP contribution < -0.4 is 5.32 Å². The van der Waals surface area contributed by atoms with Crippen LogP contribution in [-0.2, 0) is 16.0 Å². The van der Waals surface area contributed by atoms with E-state index in [-0.39, 0.29) is 12.3 Å². The molecule has 0 saturated heterocycles. The summed E-state index contributed by atoms with van der Waals surface area (Å²) in [6.45, 7) is 5.51. The summed E-state index contributed by atoms with van der Waals surface area (Å²) in [6, 6.07) is 9.51. The van der Waals surface area contributed by atoms with Gasteiger partial charge in [-0.1, -0.05) is 18.2 Å². The molecular formula is C20H20N2O4S. The minimum atomic E-state index is -0.462. The van der Waals surface area contributed by atoms with Gasteiger partial charge in [0.2, 0.25) is 11.8 Å². The molecule has 0 unspecified atom stereocenters. The zero-order valence-corrected chi connectivity index (χ0v) is 16.4. The van der Waals surface area contributed by atoms with E-state index in [1.807, 2.05) is 44.2 Å². The van der Waals surface area contributed by atoms with E-state index < -0.39 is 5.97 Å². The standard InChI is InChI=1S/C20H20N2O4S/c1-11-13(3)27-19(17(11)20(24)25-4)22-16(23)10-15-12(2)26-18(21-15)14-8-6-5-7-9-14/h5-9H,10H2,1-4H3,(H,22,23). The summed E-state index contributed by atoms with van der Waals surface area (Å²) in [6.07, 6.45) is 0.0543. The summed E-state index contributed by atoms with van der Waals surface area (Å²) in [5, 5.41) is 3.30. The van der Waals surface area contributed by atoms with Crippen molar-refractivity contribution >= 4 is 28.2 Å². The Morgan fingerprint density at radius 3 is 2.56 bits per heavy atom. The summed E-state index contributed by atoms with van der Waals surface area (Å²) in [7, 11) is 1.32. The molecule has 0 aliphatic heterocycles. The van der Waals surface area contributed by atoms with Gasteiger partial charge in [-0.05, 0) is 38.5 Å². The molecule has 7 heteroatoms. The smallest absolute Gasteiger partial charge is 0.341 e. The van der Waals surface area contributed by atoms with Crippen LogP contribution in [0.4, 0.5) is 5.00 Å². The number of anilines is 1. The maximum atomic E-state index is 12.5. The highest BCUT2D eigenvalue weighted by atomic mass is 32.1. The first-order valence-corrected chi connectivity index (χ1v) is 9.22. The van der Waals surface area contributed by atoms with E-state index in [4.69, 9.17) is 9.15 Å². The number of carbonyl (C=O) groups is 2. The monoisotopic (exact) mass is 384 g/mol. The third-order valence-corrected chi connectivity index (χ3v) is 5.39.